The number of fused-ring (bicyclic) bond motifs is 1. The van der Waals surface area contributed by atoms with Crippen molar-refractivity contribution in [2.45, 2.75) is 19.4 Å². The Labute approximate surface area is 122 Å². The molecule has 0 bridgehead atoms. The number of benzene rings is 2. The molecule has 0 unspecified atom stereocenters. The van der Waals surface area contributed by atoms with E-state index < -0.39 is 6.10 Å². The lowest BCUT2D eigenvalue weighted by Gasteiger charge is -2.21. The van der Waals surface area contributed by atoms with E-state index in [4.69, 9.17) is 11.6 Å². The van der Waals surface area contributed by atoms with E-state index in [9.17, 15) is 9.50 Å². The number of hydrogen-bond acceptors (Lipinski definition) is 2. The van der Waals surface area contributed by atoms with Crippen molar-refractivity contribution in [2.75, 3.05) is 11.4 Å². The Bertz CT molecular complexity index is 657. The lowest BCUT2D eigenvalue weighted by atomic mass is 10.1. The average Bonchev–Trinajstić information content (AvgIpc) is 2.81. The molecule has 0 spiro atoms. The van der Waals surface area contributed by atoms with E-state index in [2.05, 4.69) is 0 Å². The average molecular weight is 292 g/mol. The van der Waals surface area contributed by atoms with Crippen LogP contribution in [0.15, 0.2) is 36.4 Å². The molecule has 1 N–H and O–H groups in total. The molecule has 1 aliphatic heterocycles. The molecule has 1 aliphatic rings. The van der Waals surface area contributed by atoms with Gasteiger partial charge >= 0.3 is 0 Å². The zero-order valence-corrected chi connectivity index (χ0v) is 11.9. The van der Waals surface area contributed by atoms with Gasteiger partial charge in [0.1, 0.15) is 5.82 Å². The minimum atomic E-state index is -0.551. The molecule has 20 heavy (non-hydrogen) atoms. The van der Waals surface area contributed by atoms with Gasteiger partial charge in [-0.25, -0.2) is 4.39 Å². The highest BCUT2D eigenvalue weighted by atomic mass is 35.5. The van der Waals surface area contributed by atoms with Gasteiger partial charge in [-0.1, -0.05) is 23.7 Å². The Morgan fingerprint density at radius 2 is 2.00 bits per heavy atom. The van der Waals surface area contributed by atoms with Crippen molar-refractivity contribution in [1.82, 2.24) is 0 Å². The summed E-state index contributed by atoms with van der Waals surface area (Å²) in [7, 11) is 0. The molecule has 0 amide bonds. The quantitative estimate of drug-likeness (QED) is 0.895. The first kappa shape index (κ1) is 13.4. The second kappa shape index (κ2) is 5.08. The van der Waals surface area contributed by atoms with Crippen LogP contribution in [0.25, 0.3) is 0 Å². The summed E-state index contributed by atoms with van der Waals surface area (Å²) in [5.74, 6) is -0.243. The van der Waals surface area contributed by atoms with E-state index in [-0.39, 0.29) is 5.82 Å². The Morgan fingerprint density at radius 3 is 2.70 bits per heavy atom. The molecule has 0 aromatic heterocycles. The molecular formula is C16H15ClFNO. The molecule has 0 saturated heterocycles. The summed E-state index contributed by atoms with van der Waals surface area (Å²) in [6.45, 7) is 2.48. The summed E-state index contributed by atoms with van der Waals surface area (Å²) in [6.07, 6.45) is 0.328. The summed E-state index contributed by atoms with van der Waals surface area (Å²) in [6, 6.07) is 10.3. The van der Waals surface area contributed by atoms with Crippen LogP contribution in [0.3, 0.4) is 0 Å². The summed E-state index contributed by atoms with van der Waals surface area (Å²) < 4.78 is 13.4. The zero-order valence-electron chi connectivity index (χ0n) is 11.1. The summed E-state index contributed by atoms with van der Waals surface area (Å²) >= 11 is 6.31. The fourth-order valence-corrected chi connectivity index (χ4v) is 2.90. The van der Waals surface area contributed by atoms with E-state index in [1.807, 2.05) is 23.1 Å². The lowest BCUT2D eigenvalue weighted by molar-refractivity contribution is 0.199. The van der Waals surface area contributed by atoms with E-state index in [0.29, 0.717) is 5.02 Å². The summed E-state index contributed by atoms with van der Waals surface area (Å²) in [5.41, 5.74) is 3.62. The number of halogens is 2. The molecule has 4 heteroatoms. The van der Waals surface area contributed by atoms with Gasteiger partial charge < -0.3 is 10.0 Å². The fraction of sp³-hybridized carbons (Fsp3) is 0.250. The summed E-state index contributed by atoms with van der Waals surface area (Å²) in [4.78, 5) is 2.02. The third-order valence-electron chi connectivity index (χ3n) is 3.69. The van der Waals surface area contributed by atoms with Gasteiger partial charge in [-0.3, -0.25) is 0 Å². The maximum absolute atomic E-state index is 13.4. The van der Waals surface area contributed by atoms with Crippen LogP contribution in [-0.4, -0.2) is 11.7 Å². The molecule has 0 radical (unpaired) electrons. The van der Waals surface area contributed by atoms with Gasteiger partial charge in [-0.15, -0.1) is 0 Å². The highest BCUT2D eigenvalue weighted by Crippen LogP contribution is 2.39. The van der Waals surface area contributed by atoms with Crippen LogP contribution in [-0.2, 0) is 6.42 Å². The van der Waals surface area contributed by atoms with Crippen LogP contribution in [0.5, 0.6) is 0 Å². The monoisotopic (exact) mass is 291 g/mol. The van der Waals surface area contributed by atoms with Gasteiger partial charge in [0.15, 0.2) is 0 Å². The van der Waals surface area contributed by atoms with Crippen molar-refractivity contribution in [3.63, 3.8) is 0 Å². The molecule has 2 nitrogen and oxygen atoms in total. The fourth-order valence-electron chi connectivity index (χ4n) is 2.60. The minimum absolute atomic E-state index is 0.243. The first-order valence-corrected chi connectivity index (χ1v) is 6.97. The van der Waals surface area contributed by atoms with Crippen molar-refractivity contribution in [1.29, 1.82) is 0 Å². The zero-order chi connectivity index (χ0) is 14.3. The Morgan fingerprint density at radius 1 is 1.20 bits per heavy atom. The third-order valence-corrected chi connectivity index (χ3v) is 3.99. The number of rotatable bonds is 2. The van der Waals surface area contributed by atoms with Crippen LogP contribution in [0.1, 0.15) is 24.2 Å². The molecule has 1 atom stereocenters. The molecule has 0 aliphatic carbocycles. The number of aliphatic hydroxyl groups is 1. The molecular weight excluding hydrogens is 277 g/mol. The predicted molar refractivity (Wildman–Crippen MR) is 79.2 cm³/mol. The molecule has 104 valence electrons. The van der Waals surface area contributed by atoms with Crippen molar-refractivity contribution in [2.24, 2.45) is 0 Å². The van der Waals surface area contributed by atoms with Crippen LogP contribution in [0.2, 0.25) is 5.02 Å². The van der Waals surface area contributed by atoms with Gasteiger partial charge in [-0.2, -0.15) is 0 Å². The number of anilines is 2. The lowest BCUT2D eigenvalue weighted by Crippen LogP contribution is -2.14. The Hall–Kier alpha value is -1.58. The summed E-state index contributed by atoms with van der Waals surface area (Å²) in [5, 5.41) is 10.1. The topological polar surface area (TPSA) is 23.5 Å². The first-order valence-electron chi connectivity index (χ1n) is 6.60. The maximum atomic E-state index is 13.4. The standard InChI is InChI=1S/C16H15ClFNO/c1-10(20)12-3-5-15(14(17)8-12)19-7-6-11-2-4-13(18)9-16(11)19/h2-5,8-10,20H,6-7H2,1H3/t10-/m0/s1. The molecule has 3 rings (SSSR count). The highest BCUT2D eigenvalue weighted by molar-refractivity contribution is 6.33. The van der Waals surface area contributed by atoms with Crippen molar-refractivity contribution < 1.29 is 9.50 Å². The largest absolute Gasteiger partial charge is 0.389 e. The minimum Gasteiger partial charge on any atom is -0.389 e. The highest BCUT2D eigenvalue weighted by Gasteiger charge is 2.22. The van der Waals surface area contributed by atoms with E-state index >= 15 is 0 Å². The SMILES string of the molecule is C[C@H](O)c1ccc(N2CCc3ccc(F)cc32)c(Cl)c1. The van der Waals surface area contributed by atoms with E-state index in [0.717, 1.165) is 35.5 Å². The Balaban J connectivity index is 2.02. The molecule has 2 aromatic carbocycles. The third kappa shape index (κ3) is 2.28. The van der Waals surface area contributed by atoms with Gasteiger partial charge in [0.25, 0.3) is 0 Å². The van der Waals surface area contributed by atoms with Gasteiger partial charge in [-0.05, 0) is 48.7 Å². The van der Waals surface area contributed by atoms with Crippen LogP contribution < -0.4 is 4.90 Å². The molecule has 0 fully saturated rings. The van der Waals surface area contributed by atoms with Crippen LogP contribution in [0, 0.1) is 5.82 Å². The molecule has 1 heterocycles. The maximum Gasteiger partial charge on any atom is 0.125 e. The van der Waals surface area contributed by atoms with Crippen molar-refractivity contribution >= 4 is 23.0 Å². The first-order chi connectivity index (χ1) is 9.56. The van der Waals surface area contributed by atoms with Gasteiger partial charge in [0, 0.05) is 12.2 Å². The smallest absolute Gasteiger partial charge is 0.125 e. The molecule has 2 aromatic rings. The van der Waals surface area contributed by atoms with Gasteiger partial charge in [0.05, 0.1) is 16.8 Å². The van der Waals surface area contributed by atoms with Crippen molar-refractivity contribution in [3.05, 3.63) is 58.4 Å². The number of aliphatic hydroxyl groups excluding tert-OH is 1. The van der Waals surface area contributed by atoms with Crippen molar-refractivity contribution in [3.8, 4) is 0 Å². The van der Waals surface area contributed by atoms with E-state index in [1.54, 1.807) is 19.1 Å². The Kier molecular flexibility index (Phi) is 3.40. The molecule has 0 saturated carbocycles. The number of nitrogens with zero attached hydrogens (tertiary/aromatic N) is 1. The van der Waals surface area contributed by atoms with Gasteiger partial charge in [0.2, 0.25) is 0 Å². The second-order valence-corrected chi connectivity index (χ2v) is 5.47. The van der Waals surface area contributed by atoms with Crippen LogP contribution >= 0.6 is 11.6 Å². The van der Waals surface area contributed by atoms with E-state index in [1.165, 1.54) is 6.07 Å². The predicted octanol–water partition coefficient (Wildman–Crippen LogP) is 4.23. The normalized spacial score (nSPS) is 15.3. The second-order valence-electron chi connectivity index (χ2n) is 5.06. The van der Waals surface area contributed by atoms with Crippen LogP contribution in [0.4, 0.5) is 15.8 Å². The number of hydrogen-bond donors (Lipinski definition) is 1.